The molecule has 0 fully saturated rings. The van der Waals surface area contributed by atoms with Gasteiger partial charge in [0.25, 0.3) is 0 Å². The number of hydrogen-bond donors (Lipinski definition) is 2. The van der Waals surface area contributed by atoms with Gasteiger partial charge in [-0.25, -0.2) is 4.98 Å². The molecule has 0 aliphatic rings. The van der Waals surface area contributed by atoms with Gasteiger partial charge in [0.05, 0.1) is 10.0 Å². The monoisotopic (exact) mass is 260 g/mol. The van der Waals surface area contributed by atoms with Crippen molar-refractivity contribution in [1.29, 1.82) is 0 Å². The van der Waals surface area contributed by atoms with E-state index < -0.39 is 11.5 Å². The van der Waals surface area contributed by atoms with E-state index in [0.29, 0.717) is 17.2 Å². The number of thioether (sulfide) groups is 1. The molecule has 0 aromatic carbocycles. The van der Waals surface area contributed by atoms with Gasteiger partial charge >= 0.3 is 5.97 Å². The molecule has 1 aromatic heterocycles. The van der Waals surface area contributed by atoms with E-state index in [9.17, 15) is 4.79 Å². The van der Waals surface area contributed by atoms with Crippen molar-refractivity contribution in [2.24, 2.45) is 5.73 Å². The minimum absolute atomic E-state index is 0.386. The predicted octanol–water partition coefficient (Wildman–Crippen LogP) is 2.02. The SMILES string of the molecule is CC(N)(CCSc1ccc(Cl)cn1)C(=O)O. The zero-order valence-electron chi connectivity index (χ0n) is 8.81. The number of nitrogens with zero attached hydrogens (tertiary/aromatic N) is 1. The van der Waals surface area contributed by atoms with Gasteiger partial charge in [-0.05, 0) is 25.5 Å². The normalized spacial score (nSPS) is 14.4. The van der Waals surface area contributed by atoms with Gasteiger partial charge < -0.3 is 10.8 Å². The maximum absolute atomic E-state index is 10.7. The van der Waals surface area contributed by atoms with E-state index in [0.717, 1.165) is 5.03 Å². The van der Waals surface area contributed by atoms with E-state index in [1.807, 2.05) is 0 Å². The molecule has 1 rings (SSSR count). The quantitative estimate of drug-likeness (QED) is 0.792. The summed E-state index contributed by atoms with van der Waals surface area (Å²) < 4.78 is 0. The fourth-order valence-electron chi connectivity index (χ4n) is 0.922. The molecule has 0 saturated heterocycles. The summed E-state index contributed by atoms with van der Waals surface area (Å²) in [7, 11) is 0. The number of aromatic nitrogens is 1. The lowest BCUT2D eigenvalue weighted by atomic mass is 10.0. The van der Waals surface area contributed by atoms with Crippen LogP contribution in [0.3, 0.4) is 0 Å². The summed E-state index contributed by atoms with van der Waals surface area (Å²) in [5.41, 5.74) is 4.41. The molecule has 1 atom stereocenters. The minimum Gasteiger partial charge on any atom is -0.480 e. The second kappa shape index (κ2) is 5.52. The molecule has 0 spiro atoms. The van der Waals surface area contributed by atoms with E-state index >= 15 is 0 Å². The second-order valence-corrected chi connectivity index (χ2v) is 5.19. The highest BCUT2D eigenvalue weighted by molar-refractivity contribution is 7.99. The van der Waals surface area contributed by atoms with Gasteiger partial charge in [-0.2, -0.15) is 0 Å². The third kappa shape index (κ3) is 4.00. The van der Waals surface area contributed by atoms with Gasteiger partial charge in [0.2, 0.25) is 0 Å². The first-order chi connectivity index (χ1) is 7.42. The van der Waals surface area contributed by atoms with Crippen LogP contribution in [0.1, 0.15) is 13.3 Å². The minimum atomic E-state index is -1.18. The predicted molar refractivity (Wildman–Crippen MR) is 64.8 cm³/mol. The third-order valence-corrected chi connectivity index (χ3v) is 3.23. The van der Waals surface area contributed by atoms with Crippen molar-refractivity contribution in [3.8, 4) is 0 Å². The van der Waals surface area contributed by atoms with Crippen molar-refractivity contribution >= 4 is 29.3 Å². The maximum atomic E-state index is 10.7. The van der Waals surface area contributed by atoms with Crippen LogP contribution >= 0.6 is 23.4 Å². The number of carboxylic acid groups (broad SMARTS) is 1. The molecule has 1 unspecified atom stereocenters. The number of nitrogens with two attached hydrogens (primary N) is 1. The Morgan fingerprint density at radius 1 is 1.69 bits per heavy atom. The molecule has 4 nitrogen and oxygen atoms in total. The third-order valence-electron chi connectivity index (χ3n) is 2.06. The van der Waals surface area contributed by atoms with Crippen LogP contribution in [-0.4, -0.2) is 27.4 Å². The Balaban J connectivity index is 2.41. The lowest BCUT2D eigenvalue weighted by Gasteiger charge is -2.18. The zero-order chi connectivity index (χ0) is 12.2. The number of carbonyl (C=O) groups is 1. The van der Waals surface area contributed by atoms with Gasteiger partial charge in [-0.3, -0.25) is 4.79 Å². The van der Waals surface area contributed by atoms with E-state index in [1.165, 1.54) is 18.7 Å². The number of hydrogen-bond acceptors (Lipinski definition) is 4. The van der Waals surface area contributed by atoms with E-state index in [2.05, 4.69) is 4.98 Å². The fraction of sp³-hybridized carbons (Fsp3) is 0.400. The molecular weight excluding hydrogens is 248 g/mol. The van der Waals surface area contributed by atoms with Crippen LogP contribution in [0.5, 0.6) is 0 Å². The number of pyridine rings is 1. The second-order valence-electron chi connectivity index (χ2n) is 3.64. The van der Waals surface area contributed by atoms with E-state index in [4.69, 9.17) is 22.4 Å². The first-order valence-corrected chi connectivity index (χ1v) is 6.05. The van der Waals surface area contributed by atoms with Crippen LogP contribution < -0.4 is 5.73 Å². The van der Waals surface area contributed by atoms with E-state index in [1.54, 1.807) is 18.3 Å². The lowest BCUT2D eigenvalue weighted by Crippen LogP contribution is -2.45. The first-order valence-electron chi connectivity index (χ1n) is 4.68. The molecule has 88 valence electrons. The smallest absolute Gasteiger partial charge is 0.323 e. The molecule has 0 aliphatic carbocycles. The molecule has 0 bridgehead atoms. The van der Waals surface area contributed by atoms with Crippen molar-refractivity contribution < 1.29 is 9.90 Å². The van der Waals surface area contributed by atoms with Crippen LogP contribution in [-0.2, 0) is 4.79 Å². The highest BCUT2D eigenvalue weighted by atomic mass is 35.5. The molecule has 0 saturated carbocycles. The first kappa shape index (κ1) is 13.3. The van der Waals surface area contributed by atoms with Crippen LogP contribution in [0.25, 0.3) is 0 Å². The summed E-state index contributed by atoms with van der Waals surface area (Å²) in [5, 5.41) is 10.2. The Morgan fingerprint density at radius 3 is 2.88 bits per heavy atom. The van der Waals surface area contributed by atoms with Gasteiger partial charge in [0.15, 0.2) is 0 Å². The van der Waals surface area contributed by atoms with Gasteiger partial charge in [-0.15, -0.1) is 11.8 Å². The number of carboxylic acids is 1. The number of halogens is 1. The van der Waals surface area contributed by atoms with Crippen LogP contribution in [0.4, 0.5) is 0 Å². The Kier molecular flexibility index (Phi) is 4.58. The average Bonchev–Trinajstić information content (AvgIpc) is 2.20. The van der Waals surface area contributed by atoms with Gasteiger partial charge in [0, 0.05) is 11.9 Å². The lowest BCUT2D eigenvalue weighted by molar-refractivity contribution is -0.142. The molecule has 3 N–H and O–H groups in total. The summed E-state index contributed by atoms with van der Waals surface area (Å²) in [4.78, 5) is 14.8. The summed E-state index contributed by atoms with van der Waals surface area (Å²) in [6.45, 7) is 1.51. The Bertz CT molecular complexity index is 368. The standard InChI is InChI=1S/C10H13ClN2O2S/c1-10(12,9(14)15)4-5-16-8-3-2-7(11)6-13-8/h2-3,6H,4-5,12H2,1H3,(H,14,15). The van der Waals surface area contributed by atoms with Gasteiger partial charge in [0.1, 0.15) is 5.54 Å². The highest BCUT2D eigenvalue weighted by Gasteiger charge is 2.27. The molecule has 0 amide bonds. The Hall–Kier alpha value is -0.780. The number of aliphatic carboxylic acids is 1. The zero-order valence-corrected chi connectivity index (χ0v) is 10.4. The van der Waals surface area contributed by atoms with Crippen molar-refractivity contribution in [1.82, 2.24) is 4.98 Å². The summed E-state index contributed by atoms with van der Waals surface area (Å²) in [5.74, 6) is -0.384. The Morgan fingerprint density at radius 2 is 2.38 bits per heavy atom. The van der Waals surface area contributed by atoms with Crippen LogP contribution in [0.15, 0.2) is 23.4 Å². The average molecular weight is 261 g/mol. The van der Waals surface area contributed by atoms with E-state index in [-0.39, 0.29) is 0 Å². The molecule has 16 heavy (non-hydrogen) atoms. The van der Waals surface area contributed by atoms with Crippen LogP contribution in [0.2, 0.25) is 5.02 Å². The van der Waals surface area contributed by atoms with Crippen molar-refractivity contribution in [2.45, 2.75) is 23.9 Å². The summed E-state index contributed by atoms with van der Waals surface area (Å²) >= 11 is 7.15. The fourth-order valence-corrected chi connectivity index (χ4v) is 2.06. The largest absolute Gasteiger partial charge is 0.480 e. The van der Waals surface area contributed by atoms with Crippen LogP contribution in [0, 0.1) is 0 Å². The topological polar surface area (TPSA) is 76.2 Å². The Labute approximate surface area is 103 Å². The molecule has 1 aromatic rings. The molecular formula is C10H13ClN2O2S. The molecule has 0 radical (unpaired) electrons. The molecule has 0 aliphatic heterocycles. The summed E-state index contributed by atoms with van der Waals surface area (Å²) in [6.07, 6.45) is 1.94. The molecule has 6 heteroatoms. The van der Waals surface area contributed by atoms with Gasteiger partial charge in [-0.1, -0.05) is 11.6 Å². The van der Waals surface area contributed by atoms with Crippen molar-refractivity contribution in [3.05, 3.63) is 23.4 Å². The highest BCUT2D eigenvalue weighted by Crippen LogP contribution is 2.20. The number of rotatable bonds is 5. The summed E-state index contributed by atoms with van der Waals surface area (Å²) in [6, 6.07) is 3.54. The van der Waals surface area contributed by atoms with Crippen molar-refractivity contribution in [3.63, 3.8) is 0 Å². The molecule has 1 heterocycles. The van der Waals surface area contributed by atoms with Crippen molar-refractivity contribution in [2.75, 3.05) is 5.75 Å². The maximum Gasteiger partial charge on any atom is 0.323 e.